The van der Waals surface area contributed by atoms with Crippen LogP contribution in [0.25, 0.3) is 9.75 Å². The minimum atomic E-state index is -2.49. The standard InChI is InChI=1S/C25H6F10O3S2.C2H6.CH2O/c26-12-10(13(27)17(31)20(34)16(12)30)22(37)8-3-5-1-2-7(36)6-4-9(40-25(6)24(5)39-8)23(38)11-14(28)18(32)21(35)19(33)15(11)29;2*1-2/h3-4H,1-2H2;1-2H3;1H2. The monoisotopic (exact) mass is 668 g/mol. The van der Waals surface area contributed by atoms with Gasteiger partial charge < -0.3 is 4.79 Å². The molecule has 4 aromatic rings. The van der Waals surface area contributed by atoms with E-state index in [9.17, 15) is 58.3 Å². The summed E-state index contributed by atoms with van der Waals surface area (Å²) in [6.07, 6.45) is -0.322. The largest absolute Gasteiger partial charge is 0.307 e. The Labute approximate surface area is 248 Å². The van der Waals surface area contributed by atoms with Crippen LogP contribution in [-0.2, 0) is 11.2 Å². The van der Waals surface area contributed by atoms with Gasteiger partial charge in [0.15, 0.2) is 52.3 Å². The number of carbonyl (C=O) groups is 4. The van der Waals surface area contributed by atoms with E-state index in [2.05, 4.69) is 0 Å². The highest BCUT2D eigenvalue weighted by molar-refractivity contribution is 7.24. The van der Waals surface area contributed by atoms with E-state index in [0.29, 0.717) is 22.7 Å². The van der Waals surface area contributed by atoms with Crippen LogP contribution in [0.1, 0.15) is 66.7 Å². The van der Waals surface area contributed by atoms with Crippen LogP contribution < -0.4 is 0 Å². The molecule has 5 rings (SSSR count). The molecule has 4 nitrogen and oxygen atoms in total. The molecule has 0 spiro atoms. The van der Waals surface area contributed by atoms with Crippen molar-refractivity contribution >= 4 is 46.8 Å². The third kappa shape index (κ3) is 5.47. The van der Waals surface area contributed by atoms with Crippen LogP contribution in [0.4, 0.5) is 43.9 Å². The van der Waals surface area contributed by atoms with Crippen LogP contribution in [0, 0.1) is 58.2 Å². The van der Waals surface area contributed by atoms with Gasteiger partial charge in [-0.15, -0.1) is 22.7 Å². The normalized spacial score (nSPS) is 11.9. The van der Waals surface area contributed by atoms with Crippen LogP contribution in [-0.4, -0.2) is 24.1 Å². The highest BCUT2D eigenvalue weighted by Crippen LogP contribution is 2.44. The van der Waals surface area contributed by atoms with E-state index in [-0.39, 0.29) is 33.7 Å². The van der Waals surface area contributed by atoms with Gasteiger partial charge in [0.1, 0.15) is 17.9 Å². The third-order valence-corrected chi connectivity index (χ3v) is 8.46. The number of aryl methyl sites for hydroxylation is 1. The van der Waals surface area contributed by atoms with Gasteiger partial charge in [-0.3, -0.25) is 14.4 Å². The smallest absolute Gasteiger partial charge is 0.209 e. The minimum Gasteiger partial charge on any atom is -0.307 e. The summed E-state index contributed by atoms with van der Waals surface area (Å²) >= 11 is 0.876. The first kappa shape index (κ1) is 34.3. The number of halogens is 10. The zero-order valence-corrected chi connectivity index (χ0v) is 23.6. The fourth-order valence-corrected chi connectivity index (χ4v) is 6.49. The Hall–Kier alpha value is -4.18. The first-order valence-electron chi connectivity index (χ1n) is 12.0. The van der Waals surface area contributed by atoms with Gasteiger partial charge in [-0.25, -0.2) is 43.9 Å². The minimum absolute atomic E-state index is 0.0505. The summed E-state index contributed by atoms with van der Waals surface area (Å²) in [6, 6.07) is 1.91. The van der Waals surface area contributed by atoms with E-state index in [1.165, 1.54) is 0 Å². The molecule has 232 valence electrons. The lowest BCUT2D eigenvalue weighted by Gasteiger charge is -2.06. The number of Topliss-reactive ketones (excluding diaryl/α,β-unsaturated/α-hetero) is 1. The van der Waals surface area contributed by atoms with Gasteiger partial charge in [-0.2, -0.15) is 0 Å². The maximum Gasteiger partial charge on any atom is 0.209 e. The highest BCUT2D eigenvalue weighted by Gasteiger charge is 2.35. The second kappa shape index (κ2) is 13.2. The average Bonchev–Trinajstić information content (AvgIpc) is 3.64. The molecule has 0 aliphatic heterocycles. The van der Waals surface area contributed by atoms with E-state index in [1.807, 2.05) is 20.6 Å². The lowest BCUT2D eigenvalue weighted by atomic mass is 10.0. The third-order valence-electron chi connectivity index (χ3n) is 5.99. The number of hydrogen-bond acceptors (Lipinski definition) is 6. The van der Waals surface area contributed by atoms with Gasteiger partial charge >= 0.3 is 0 Å². The van der Waals surface area contributed by atoms with Crippen LogP contribution in [0.15, 0.2) is 12.1 Å². The van der Waals surface area contributed by atoms with E-state index >= 15 is 0 Å². The molecule has 2 heterocycles. The van der Waals surface area contributed by atoms with Gasteiger partial charge in [0.2, 0.25) is 23.2 Å². The van der Waals surface area contributed by atoms with Crippen molar-refractivity contribution < 1.29 is 63.1 Å². The lowest BCUT2D eigenvalue weighted by Crippen LogP contribution is -2.13. The number of thiophene rings is 2. The maximum atomic E-state index is 14.2. The summed E-state index contributed by atoms with van der Waals surface area (Å²) in [4.78, 5) is 45.2. The van der Waals surface area contributed by atoms with E-state index < -0.39 is 96.4 Å². The average molecular weight is 669 g/mol. The van der Waals surface area contributed by atoms with Crippen molar-refractivity contribution in [2.45, 2.75) is 26.7 Å². The molecular formula is C28H14F10O4S2. The van der Waals surface area contributed by atoms with E-state index in [4.69, 9.17) is 4.79 Å². The molecule has 0 N–H and O–H groups in total. The molecule has 16 heteroatoms. The van der Waals surface area contributed by atoms with Crippen molar-refractivity contribution in [1.29, 1.82) is 0 Å². The molecule has 0 amide bonds. The molecule has 44 heavy (non-hydrogen) atoms. The molecule has 0 saturated carbocycles. The van der Waals surface area contributed by atoms with Crippen molar-refractivity contribution in [3.05, 3.63) is 102 Å². The van der Waals surface area contributed by atoms with Crippen molar-refractivity contribution in [3.8, 4) is 9.75 Å². The molecule has 0 radical (unpaired) electrons. The molecule has 0 atom stereocenters. The Bertz CT molecular complexity index is 1790. The van der Waals surface area contributed by atoms with Gasteiger partial charge in [0, 0.05) is 16.9 Å². The van der Waals surface area contributed by atoms with Crippen LogP contribution in [0.2, 0.25) is 0 Å². The fourth-order valence-electron chi connectivity index (χ4n) is 4.04. The fraction of sp³-hybridized carbons (Fsp3) is 0.143. The summed E-state index contributed by atoms with van der Waals surface area (Å²) in [6.45, 7) is 6.00. The van der Waals surface area contributed by atoms with Gasteiger partial charge in [-0.05, 0) is 24.1 Å². The Balaban J connectivity index is 0.00000127. The molecule has 0 bridgehead atoms. The van der Waals surface area contributed by atoms with Gasteiger partial charge in [0.05, 0.1) is 14.6 Å². The zero-order valence-electron chi connectivity index (χ0n) is 22.0. The summed E-state index contributed by atoms with van der Waals surface area (Å²) < 4.78 is 138. The highest BCUT2D eigenvalue weighted by atomic mass is 32.1. The number of benzene rings is 2. The van der Waals surface area contributed by atoms with E-state index in [1.54, 1.807) is 0 Å². The number of rotatable bonds is 4. The second-order valence-electron chi connectivity index (χ2n) is 8.29. The summed E-state index contributed by atoms with van der Waals surface area (Å²) in [5.74, 6) is -27.7. The number of fused-ring (bicyclic) bond motifs is 3. The Morgan fingerprint density at radius 2 is 0.909 bits per heavy atom. The van der Waals surface area contributed by atoms with E-state index in [0.717, 1.165) is 12.1 Å². The number of ketones is 3. The number of hydrogen-bond donors (Lipinski definition) is 0. The summed E-state index contributed by atoms with van der Waals surface area (Å²) in [5.41, 5.74) is -3.51. The molecule has 0 fully saturated rings. The van der Waals surface area contributed by atoms with Crippen LogP contribution in [0.3, 0.4) is 0 Å². The van der Waals surface area contributed by atoms with Crippen molar-refractivity contribution in [1.82, 2.24) is 0 Å². The molecule has 0 saturated heterocycles. The van der Waals surface area contributed by atoms with Gasteiger partial charge in [-0.1, -0.05) is 13.8 Å². The first-order valence-corrected chi connectivity index (χ1v) is 13.6. The lowest BCUT2D eigenvalue weighted by molar-refractivity contribution is -0.0980. The van der Waals surface area contributed by atoms with Crippen LogP contribution in [0.5, 0.6) is 0 Å². The molecule has 0 unspecified atom stereocenters. The predicted molar refractivity (Wildman–Crippen MR) is 138 cm³/mol. The predicted octanol–water partition coefficient (Wildman–Crippen LogP) is 8.30. The molecule has 1 aliphatic carbocycles. The summed E-state index contributed by atoms with van der Waals surface area (Å²) in [7, 11) is 0. The Morgan fingerprint density at radius 3 is 1.32 bits per heavy atom. The Kier molecular flexibility index (Phi) is 10.3. The zero-order chi connectivity index (χ0) is 33.4. The number of carbonyl (C=O) groups excluding carboxylic acids is 4. The SMILES string of the molecule is C=O.CC.O=C1CCc2cc(C(=O)c3c(F)c(F)c(F)c(F)c3F)sc2-c2sc(C(=O)c3c(F)c(F)c(F)c(F)c3F)cc21. The summed E-state index contributed by atoms with van der Waals surface area (Å²) in [5, 5.41) is 0. The quantitative estimate of drug-likeness (QED) is 0.0950. The second-order valence-corrected chi connectivity index (χ2v) is 10.4. The maximum absolute atomic E-state index is 14.2. The van der Waals surface area contributed by atoms with Crippen molar-refractivity contribution in [2.24, 2.45) is 0 Å². The molecule has 1 aliphatic rings. The van der Waals surface area contributed by atoms with Gasteiger partial charge in [0.25, 0.3) is 0 Å². The first-order chi connectivity index (χ1) is 20.8. The van der Waals surface area contributed by atoms with Crippen LogP contribution >= 0.6 is 22.7 Å². The Morgan fingerprint density at radius 1 is 0.568 bits per heavy atom. The van der Waals surface area contributed by atoms with Crippen molar-refractivity contribution in [2.75, 3.05) is 0 Å². The van der Waals surface area contributed by atoms with Crippen molar-refractivity contribution in [3.63, 3.8) is 0 Å². The molecule has 2 aromatic carbocycles. The topological polar surface area (TPSA) is 68.3 Å². The molecular weight excluding hydrogens is 654 g/mol. The molecule has 2 aromatic heterocycles.